The fourth-order valence-corrected chi connectivity index (χ4v) is 6.26. The Hall–Kier alpha value is -0.600. The molecule has 0 aliphatic heterocycles. The van der Waals surface area contributed by atoms with Gasteiger partial charge in [-0.2, -0.15) is 0 Å². The number of unbranched alkanes of at least 4 members (excludes halogenated alkanes) is 1. The van der Waals surface area contributed by atoms with Crippen LogP contribution in [0.15, 0.2) is 39.1 Å². The Morgan fingerprint density at radius 2 is 2.21 bits per heavy atom. The van der Waals surface area contributed by atoms with Crippen LogP contribution in [0.3, 0.4) is 0 Å². The number of aliphatic hydroxyl groups excluding tert-OH is 2. The normalized spacial score (nSPS) is 23.8. The van der Waals surface area contributed by atoms with Crippen LogP contribution >= 0.6 is 39.0 Å². The van der Waals surface area contributed by atoms with Gasteiger partial charge in [-0.1, -0.05) is 24.3 Å². The summed E-state index contributed by atoms with van der Waals surface area (Å²) in [6, 6.07) is 2.09. The van der Waals surface area contributed by atoms with Gasteiger partial charge >= 0.3 is 5.97 Å². The predicted octanol–water partition coefficient (Wildman–Crippen LogP) is 5.42. The highest BCUT2D eigenvalue weighted by molar-refractivity contribution is 9.10. The minimum Gasteiger partial charge on any atom is -0.481 e. The van der Waals surface area contributed by atoms with Gasteiger partial charge in [0.25, 0.3) is 0 Å². The van der Waals surface area contributed by atoms with Crippen LogP contribution in [0.25, 0.3) is 0 Å². The lowest BCUT2D eigenvalue weighted by Gasteiger charge is -2.18. The molecule has 0 bridgehead atoms. The number of thioether (sulfide) groups is 1. The highest BCUT2D eigenvalue weighted by Crippen LogP contribution is 2.36. The number of aryl methyl sites for hydroxylation is 1. The molecule has 1 fully saturated rings. The third-order valence-electron chi connectivity index (χ3n) is 4.99. The average Bonchev–Trinajstić information content (AvgIpc) is 3.16. The molecule has 0 saturated heterocycles. The van der Waals surface area contributed by atoms with Crippen molar-refractivity contribution in [3.63, 3.8) is 0 Å². The van der Waals surface area contributed by atoms with E-state index in [1.807, 2.05) is 12.2 Å². The highest BCUT2D eigenvalue weighted by atomic mass is 79.9. The summed E-state index contributed by atoms with van der Waals surface area (Å²) in [5.74, 6) is 0.300. The van der Waals surface area contributed by atoms with Gasteiger partial charge in [0, 0.05) is 21.5 Å². The molecule has 0 aromatic carbocycles. The Morgan fingerprint density at radius 1 is 1.43 bits per heavy atom. The van der Waals surface area contributed by atoms with Gasteiger partial charge in [0.2, 0.25) is 0 Å². The van der Waals surface area contributed by atoms with Gasteiger partial charge in [0.05, 0.1) is 16.4 Å². The fourth-order valence-electron chi connectivity index (χ4n) is 3.39. The fraction of sp³-hybridized carbons (Fsp3) is 0.571. The van der Waals surface area contributed by atoms with Crippen molar-refractivity contribution in [2.75, 3.05) is 5.75 Å². The monoisotopic (exact) mass is 488 g/mol. The zero-order valence-electron chi connectivity index (χ0n) is 16.1. The number of allylic oxidation sites excluding steroid dienone is 3. The van der Waals surface area contributed by atoms with Crippen LogP contribution in [0.5, 0.6) is 0 Å². The maximum absolute atomic E-state index is 10.5. The standard InChI is InChI=1S/C21H29BrO4S2/c1-14-18(22)12-21(28-14)27-13-16(23)10-8-15-9-11-19(24)17(15)6-4-2-3-5-7-20(25)26/h2,4,8,10,12,15-17,19,23-24H,3,5-7,9,11,13H2,1H3,(H,25,26)/t15-,16+,17+,19?/m0/s1. The highest BCUT2D eigenvalue weighted by Gasteiger charge is 2.32. The van der Waals surface area contributed by atoms with E-state index in [9.17, 15) is 15.0 Å². The van der Waals surface area contributed by atoms with Crippen molar-refractivity contribution in [1.82, 2.24) is 0 Å². The van der Waals surface area contributed by atoms with Crippen LogP contribution < -0.4 is 0 Å². The zero-order valence-corrected chi connectivity index (χ0v) is 19.3. The summed E-state index contributed by atoms with van der Waals surface area (Å²) in [7, 11) is 0. The third kappa shape index (κ3) is 8.03. The van der Waals surface area contributed by atoms with Gasteiger partial charge in [-0.15, -0.1) is 23.1 Å². The SMILES string of the molecule is Cc1sc(SC[C@H](O)C=C[C@H]2CCC(O)[C@@H]2CC=CCCCC(=O)O)cc1Br. The van der Waals surface area contributed by atoms with E-state index >= 15 is 0 Å². The molecular formula is C21H29BrO4S2. The van der Waals surface area contributed by atoms with Gasteiger partial charge in [-0.3, -0.25) is 4.79 Å². The summed E-state index contributed by atoms with van der Waals surface area (Å²) < 4.78 is 2.31. The summed E-state index contributed by atoms with van der Waals surface area (Å²) in [6.07, 6.45) is 11.3. The first-order valence-electron chi connectivity index (χ1n) is 9.66. The van der Waals surface area contributed by atoms with Crippen LogP contribution in [0.4, 0.5) is 0 Å². The van der Waals surface area contributed by atoms with Crippen molar-refractivity contribution >= 4 is 45.0 Å². The van der Waals surface area contributed by atoms with Crippen LogP contribution in [-0.4, -0.2) is 39.2 Å². The van der Waals surface area contributed by atoms with E-state index in [0.29, 0.717) is 12.2 Å². The quantitative estimate of drug-likeness (QED) is 0.220. The largest absolute Gasteiger partial charge is 0.481 e. The number of carboxylic acids is 1. The number of thiophene rings is 1. The van der Waals surface area contributed by atoms with E-state index in [1.54, 1.807) is 23.1 Å². The van der Waals surface area contributed by atoms with Gasteiger partial charge in [0.1, 0.15) is 0 Å². The Morgan fingerprint density at radius 3 is 2.89 bits per heavy atom. The second kappa shape index (κ2) is 12.2. The van der Waals surface area contributed by atoms with Crippen LogP contribution in [-0.2, 0) is 4.79 Å². The molecule has 4 nitrogen and oxygen atoms in total. The molecule has 3 N–H and O–H groups in total. The lowest BCUT2D eigenvalue weighted by molar-refractivity contribution is -0.137. The Labute approximate surface area is 183 Å². The van der Waals surface area contributed by atoms with Crippen molar-refractivity contribution in [3.05, 3.63) is 39.7 Å². The average molecular weight is 489 g/mol. The lowest BCUT2D eigenvalue weighted by Crippen LogP contribution is -2.18. The number of halogens is 1. The Balaban J connectivity index is 1.76. The summed E-state index contributed by atoms with van der Waals surface area (Å²) in [4.78, 5) is 11.8. The molecule has 1 aliphatic rings. The first-order valence-corrected chi connectivity index (χ1v) is 12.3. The number of aliphatic carboxylic acids is 1. The van der Waals surface area contributed by atoms with Gasteiger partial charge in [-0.05, 0) is 72.9 Å². The van der Waals surface area contributed by atoms with Crippen molar-refractivity contribution < 1.29 is 20.1 Å². The molecule has 0 spiro atoms. The van der Waals surface area contributed by atoms with Crippen molar-refractivity contribution in [2.45, 2.75) is 61.9 Å². The molecular weight excluding hydrogens is 460 g/mol. The third-order valence-corrected chi connectivity index (χ3v) is 8.43. The minimum absolute atomic E-state index is 0.169. The van der Waals surface area contributed by atoms with E-state index in [4.69, 9.17) is 5.11 Å². The summed E-state index contributed by atoms with van der Waals surface area (Å²) in [6.45, 7) is 2.07. The van der Waals surface area contributed by atoms with Crippen molar-refractivity contribution in [1.29, 1.82) is 0 Å². The molecule has 1 aromatic rings. The maximum Gasteiger partial charge on any atom is 0.303 e. The topological polar surface area (TPSA) is 77.8 Å². The molecule has 4 atom stereocenters. The van der Waals surface area contributed by atoms with Gasteiger partial charge < -0.3 is 15.3 Å². The molecule has 28 heavy (non-hydrogen) atoms. The predicted molar refractivity (Wildman–Crippen MR) is 120 cm³/mol. The molecule has 0 amide bonds. The van der Waals surface area contributed by atoms with Gasteiger partial charge in [0.15, 0.2) is 0 Å². The van der Waals surface area contributed by atoms with Gasteiger partial charge in [-0.25, -0.2) is 0 Å². The van der Waals surface area contributed by atoms with E-state index < -0.39 is 12.1 Å². The number of rotatable bonds is 11. The molecule has 1 aromatic heterocycles. The van der Waals surface area contributed by atoms with E-state index in [-0.39, 0.29) is 24.4 Å². The smallest absolute Gasteiger partial charge is 0.303 e. The van der Waals surface area contributed by atoms with Crippen LogP contribution in [0, 0.1) is 18.8 Å². The summed E-state index contributed by atoms with van der Waals surface area (Å²) in [5.41, 5.74) is 0. The number of carboxylic acid groups (broad SMARTS) is 1. The number of hydrogen-bond donors (Lipinski definition) is 3. The zero-order chi connectivity index (χ0) is 20.5. The van der Waals surface area contributed by atoms with Crippen LogP contribution in [0.2, 0.25) is 0 Å². The number of hydrogen-bond acceptors (Lipinski definition) is 5. The Kier molecular flexibility index (Phi) is 10.3. The van der Waals surface area contributed by atoms with Crippen molar-refractivity contribution in [2.24, 2.45) is 11.8 Å². The Bertz CT molecular complexity index is 666. The summed E-state index contributed by atoms with van der Waals surface area (Å²) in [5, 5.41) is 29.2. The number of aliphatic hydroxyl groups is 2. The van der Waals surface area contributed by atoms with E-state index in [0.717, 1.165) is 30.2 Å². The molecule has 1 aliphatic carbocycles. The first-order chi connectivity index (χ1) is 13.4. The first kappa shape index (κ1) is 23.7. The molecule has 1 heterocycles. The second-order valence-corrected chi connectivity index (χ2v) is 10.6. The van der Waals surface area contributed by atoms with Crippen molar-refractivity contribution in [3.8, 4) is 0 Å². The molecule has 2 rings (SSSR count). The number of carbonyl (C=O) groups is 1. The molecule has 7 heteroatoms. The van der Waals surface area contributed by atoms with Crippen LogP contribution in [0.1, 0.15) is 43.4 Å². The second-order valence-electron chi connectivity index (χ2n) is 7.20. The molecule has 156 valence electrons. The minimum atomic E-state index is -0.761. The molecule has 1 saturated carbocycles. The summed E-state index contributed by atoms with van der Waals surface area (Å²) >= 11 is 6.90. The lowest BCUT2D eigenvalue weighted by atomic mass is 9.90. The molecule has 0 radical (unpaired) electrons. The molecule has 1 unspecified atom stereocenters. The maximum atomic E-state index is 10.5. The van der Waals surface area contributed by atoms with E-state index in [1.165, 1.54) is 9.09 Å². The van der Waals surface area contributed by atoms with E-state index in [2.05, 4.69) is 41.1 Å².